The molecule has 0 aliphatic carbocycles. The molecule has 1 N–H and O–H groups in total. The van der Waals surface area contributed by atoms with Crippen LogP contribution in [0, 0.1) is 0 Å². The molecule has 1 aliphatic rings. The number of carbonyl (C=O) groups is 2. The number of urea groups is 1. The third-order valence-corrected chi connectivity index (χ3v) is 3.90. The van der Waals surface area contributed by atoms with Gasteiger partial charge in [0.05, 0.1) is 6.04 Å². The molecule has 4 nitrogen and oxygen atoms in total. The minimum Gasteiger partial charge on any atom is -0.326 e. The van der Waals surface area contributed by atoms with Crippen LogP contribution in [0.15, 0.2) is 28.8 Å². The molecule has 0 unspecified atom stereocenters. The smallest absolute Gasteiger partial charge is 0.322 e. The minimum atomic E-state index is -0.309. The number of nitrogens with zero attached hydrogens (tertiary/aromatic N) is 1. The number of allylic oxidation sites excluding steroid dienone is 1. The third kappa shape index (κ3) is 1.98. The Kier molecular flexibility index (Phi) is 3.02. The van der Waals surface area contributed by atoms with Crippen molar-refractivity contribution in [2.75, 3.05) is 7.05 Å². The van der Waals surface area contributed by atoms with Crippen molar-refractivity contribution >= 4 is 23.2 Å². The van der Waals surface area contributed by atoms with Gasteiger partial charge < -0.3 is 10.2 Å². The van der Waals surface area contributed by atoms with E-state index in [4.69, 9.17) is 0 Å². The average Bonchev–Trinajstić information content (AvgIpc) is 2.77. The van der Waals surface area contributed by atoms with Crippen molar-refractivity contribution in [1.82, 2.24) is 10.2 Å². The Morgan fingerprint density at radius 2 is 2.24 bits per heavy atom. The van der Waals surface area contributed by atoms with Gasteiger partial charge in [0.25, 0.3) is 0 Å². The normalized spacial score (nSPS) is 20.5. The highest BCUT2D eigenvalue weighted by atomic mass is 32.1. The first-order valence-corrected chi connectivity index (χ1v) is 6.19. The van der Waals surface area contributed by atoms with E-state index < -0.39 is 0 Å². The predicted molar refractivity (Wildman–Crippen MR) is 66.7 cm³/mol. The van der Waals surface area contributed by atoms with E-state index >= 15 is 0 Å². The first kappa shape index (κ1) is 11.9. The van der Waals surface area contributed by atoms with Crippen molar-refractivity contribution in [2.24, 2.45) is 0 Å². The maximum absolute atomic E-state index is 11.8. The largest absolute Gasteiger partial charge is 0.326 e. The molecule has 0 saturated carbocycles. The fraction of sp³-hybridized carbons (Fsp3) is 0.333. The van der Waals surface area contributed by atoms with E-state index in [9.17, 15) is 9.59 Å². The monoisotopic (exact) mass is 250 g/mol. The number of ketones is 1. The van der Waals surface area contributed by atoms with Crippen molar-refractivity contribution in [1.29, 1.82) is 0 Å². The number of Topliss-reactive ketones (excluding diaryl/α,β-unsaturated/α-hetero) is 1. The topological polar surface area (TPSA) is 49.4 Å². The molecule has 17 heavy (non-hydrogen) atoms. The summed E-state index contributed by atoms with van der Waals surface area (Å²) in [5.74, 6) is -0.00671. The molecule has 0 bridgehead atoms. The molecule has 1 aromatic rings. The van der Waals surface area contributed by atoms with E-state index in [-0.39, 0.29) is 17.9 Å². The van der Waals surface area contributed by atoms with Gasteiger partial charge in [0.2, 0.25) is 0 Å². The molecule has 0 fully saturated rings. The Morgan fingerprint density at radius 1 is 1.53 bits per heavy atom. The predicted octanol–water partition coefficient (Wildman–Crippen LogP) is 2.31. The van der Waals surface area contributed by atoms with E-state index in [0.717, 1.165) is 10.6 Å². The van der Waals surface area contributed by atoms with E-state index in [1.165, 1.54) is 23.2 Å². The fourth-order valence-corrected chi connectivity index (χ4v) is 2.75. The minimum absolute atomic E-state index is 0.00671. The van der Waals surface area contributed by atoms with Crippen molar-refractivity contribution in [2.45, 2.75) is 19.9 Å². The van der Waals surface area contributed by atoms with Gasteiger partial charge >= 0.3 is 6.03 Å². The van der Waals surface area contributed by atoms with E-state index in [2.05, 4.69) is 5.32 Å². The molecule has 0 saturated heterocycles. The van der Waals surface area contributed by atoms with E-state index in [1.54, 1.807) is 14.0 Å². The zero-order valence-electron chi connectivity index (χ0n) is 9.98. The molecule has 90 valence electrons. The van der Waals surface area contributed by atoms with Crippen LogP contribution in [0.5, 0.6) is 0 Å². The second kappa shape index (κ2) is 4.33. The summed E-state index contributed by atoms with van der Waals surface area (Å²) >= 11 is 1.54. The van der Waals surface area contributed by atoms with E-state index in [1.807, 2.05) is 17.5 Å². The van der Waals surface area contributed by atoms with Gasteiger partial charge in [-0.25, -0.2) is 4.79 Å². The zero-order valence-corrected chi connectivity index (χ0v) is 10.8. The summed E-state index contributed by atoms with van der Waals surface area (Å²) in [6.07, 6.45) is 0. The van der Waals surface area contributed by atoms with Crippen LogP contribution in [0.2, 0.25) is 0 Å². The second-order valence-corrected chi connectivity index (χ2v) is 4.99. The Labute approximate surface area is 104 Å². The van der Waals surface area contributed by atoms with Gasteiger partial charge in [-0.1, -0.05) is 6.07 Å². The molecule has 1 aromatic heterocycles. The highest BCUT2D eigenvalue weighted by molar-refractivity contribution is 7.10. The molecule has 0 radical (unpaired) electrons. The van der Waals surface area contributed by atoms with Crippen molar-refractivity contribution in [3.63, 3.8) is 0 Å². The summed E-state index contributed by atoms with van der Waals surface area (Å²) < 4.78 is 0. The molecule has 5 heteroatoms. The number of carbonyl (C=O) groups excluding carboxylic acids is 2. The van der Waals surface area contributed by atoms with Crippen LogP contribution in [0.25, 0.3) is 0 Å². The summed E-state index contributed by atoms with van der Waals surface area (Å²) in [4.78, 5) is 25.9. The highest BCUT2D eigenvalue weighted by Crippen LogP contribution is 2.32. The molecule has 2 heterocycles. The molecular formula is C12H14N2O2S. The maximum atomic E-state index is 11.8. The first-order chi connectivity index (χ1) is 8.02. The van der Waals surface area contributed by atoms with E-state index in [0.29, 0.717) is 5.57 Å². The molecular weight excluding hydrogens is 236 g/mol. The lowest BCUT2D eigenvalue weighted by molar-refractivity contribution is -0.114. The van der Waals surface area contributed by atoms with Gasteiger partial charge in [-0.2, -0.15) is 0 Å². The van der Waals surface area contributed by atoms with Gasteiger partial charge in [0.15, 0.2) is 5.78 Å². The number of hydrogen-bond donors (Lipinski definition) is 1. The van der Waals surface area contributed by atoms with Gasteiger partial charge in [0.1, 0.15) is 0 Å². The summed E-state index contributed by atoms with van der Waals surface area (Å²) in [7, 11) is 1.66. The summed E-state index contributed by atoms with van der Waals surface area (Å²) in [6.45, 7) is 3.33. The Morgan fingerprint density at radius 3 is 2.76 bits per heavy atom. The number of thiophene rings is 1. The first-order valence-electron chi connectivity index (χ1n) is 5.31. The Hall–Kier alpha value is -1.62. The van der Waals surface area contributed by atoms with Crippen LogP contribution in [-0.2, 0) is 4.79 Å². The quantitative estimate of drug-likeness (QED) is 0.875. The van der Waals surface area contributed by atoms with Crippen LogP contribution in [-0.4, -0.2) is 23.8 Å². The second-order valence-electron chi connectivity index (χ2n) is 4.01. The van der Waals surface area contributed by atoms with Crippen LogP contribution in [0.3, 0.4) is 0 Å². The molecule has 0 aromatic carbocycles. The SMILES string of the molecule is CC(=O)C1=C(C)N(C)C(=O)N[C@@H]1c1cccs1. The number of hydrogen-bond acceptors (Lipinski definition) is 3. The molecule has 2 rings (SSSR count). The standard InChI is InChI=1S/C12H14N2O2S/c1-7-10(8(2)15)11(9-5-4-6-17-9)13-12(16)14(7)3/h4-6,11H,1-3H3,(H,13,16)/t11-/m1/s1. The lowest BCUT2D eigenvalue weighted by atomic mass is 9.97. The maximum Gasteiger partial charge on any atom is 0.322 e. The van der Waals surface area contributed by atoms with Crippen LogP contribution < -0.4 is 5.32 Å². The lowest BCUT2D eigenvalue weighted by Gasteiger charge is -2.32. The fourth-order valence-electron chi connectivity index (χ4n) is 1.96. The third-order valence-electron chi connectivity index (χ3n) is 2.96. The zero-order chi connectivity index (χ0) is 12.6. The number of amides is 2. The van der Waals surface area contributed by atoms with Crippen molar-refractivity contribution < 1.29 is 9.59 Å². The van der Waals surface area contributed by atoms with Gasteiger partial charge in [0, 0.05) is 23.2 Å². The Balaban J connectivity index is 2.51. The van der Waals surface area contributed by atoms with Crippen LogP contribution >= 0.6 is 11.3 Å². The number of nitrogens with one attached hydrogen (secondary N) is 1. The summed E-state index contributed by atoms with van der Waals surface area (Å²) in [5.41, 5.74) is 1.38. The van der Waals surface area contributed by atoms with Gasteiger partial charge in [-0.05, 0) is 25.3 Å². The number of rotatable bonds is 2. The molecule has 1 aliphatic heterocycles. The molecule has 0 spiro atoms. The van der Waals surface area contributed by atoms with Crippen LogP contribution in [0.4, 0.5) is 4.79 Å². The van der Waals surface area contributed by atoms with Crippen LogP contribution in [0.1, 0.15) is 24.8 Å². The van der Waals surface area contributed by atoms with Crippen molar-refractivity contribution in [3.8, 4) is 0 Å². The average molecular weight is 250 g/mol. The van der Waals surface area contributed by atoms with Gasteiger partial charge in [-0.15, -0.1) is 11.3 Å². The molecule has 1 atom stereocenters. The summed E-state index contributed by atoms with van der Waals surface area (Å²) in [6, 6.07) is 3.36. The highest BCUT2D eigenvalue weighted by Gasteiger charge is 2.32. The summed E-state index contributed by atoms with van der Waals surface area (Å²) in [5, 5.41) is 4.79. The molecule has 2 amide bonds. The van der Waals surface area contributed by atoms with Crippen molar-refractivity contribution in [3.05, 3.63) is 33.7 Å². The Bertz CT molecular complexity index is 491. The van der Waals surface area contributed by atoms with Gasteiger partial charge in [-0.3, -0.25) is 4.79 Å². The lowest BCUT2D eigenvalue weighted by Crippen LogP contribution is -2.45.